The van der Waals surface area contributed by atoms with E-state index >= 15 is 0 Å². The quantitative estimate of drug-likeness (QED) is 0.749. The van der Waals surface area contributed by atoms with Crippen molar-refractivity contribution in [1.29, 1.82) is 0 Å². The van der Waals surface area contributed by atoms with E-state index in [0.29, 0.717) is 0 Å². The number of aliphatic imine (C=N–C) groups is 1. The van der Waals surface area contributed by atoms with Crippen LogP contribution in [0.5, 0.6) is 0 Å². The summed E-state index contributed by atoms with van der Waals surface area (Å²) in [5, 5.41) is 8.57. The van der Waals surface area contributed by atoms with Gasteiger partial charge >= 0.3 is 0 Å². The molecule has 1 rings (SSSR count). The van der Waals surface area contributed by atoms with Crippen molar-refractivity contribution in [3.05, 3.63) is 40.4 Å². The molecule has 102 valence electrons. The van der Waals surface area contributed by atoms with E-state index in [-0.39, 0.29) is 0 Å². The fourth-order valence-corrected chi connectivity index (χ4v) is 1.99. The third kappa shape index (κ3) is 4.38. The maximum atomic E-state index is 3.90. The highest BCUT2D eigenvalue weighted by Crippen LogP contribution is 2.09. The molecule has 0 saturated carbocycles. The first-order valence-corrected chi connectivity index (χ1v) is 6.54. The van der Waals surface area contributed by atoms with E-state index in [4.69, 9.17) is 0 Å². The van der Waals surface area contributed by atoms with Crippen LogP contribution in [0.25, 0.3) is 17.8 Å². The zero-order valence-corrected chi connectivity index (χ0v) is 12.0. The lowest BCUT2D eigenvalue weighted by Gasteiger charge is -2.07. The van der Waals surface area contributed by atoms with Crippen molar-refractivity contribution in [2.45, 2.75) is 13.3 Å². The van der Waals surface area contributed by atoms with Gasteiger partial charge in [-0.25, -0.2) is 0 Å². The Morgan fingerprint density at radius 2 is 2.11 bits per heavy atom. The Labute approximate surface area is 115 Å². The third-order valence-electron chi connectivity index (χ3n) is 2.80. The van der Waals surface area contributed by atoms with Gasteiger partial charge in [-0.15, -0.1) is 0 Å². The Morgan fingerprint density at radius 1 is 1.32 bits per heavy atom. The van der Waals surface area contributed by atoms with Crippen molar-refractivity contribution in [1.82, 2.24) is 10.6 Å². The molecule has 0 aromatic heterocycles. The Morgan fingerprint density at radius 3 is 2.68 bits per heavy atom. The number of benzene rings is 1. The summed E-state index contributed by atoms with van der Waals surface area (Å²) in [5.41, 5.74) is 2.40. The molecule has 0 radical (unpaired) electrons. The van der Waals surface area contributed by atoms with E-state index in [2.05, 4.69) is 53.5 Å². The lowest BCUT2D eigenvalue weighted by molar-refractivity contribution is 0.923. The van der Waals surface area contributed by atoms with Gasteiger partial charge < -0.3 is 10.6 Å². The maximum absolute atomic E-state index is 3.90. The zero-order valence-electron chi connectivity index (χ0n) is 12.0. The number of hydrogen-bond acceptors (Lipinski definition) is 3. The number of likely N-dealkylation sites (N-methyl/N-ethyl adjacent to an activating group) is 1. The Kier molecular flexibility index (Phi) is 6.61. The minimum absolute atomic E-state index is 0.818. The molecule has 0 atom stereocenters. The normalized spacial score (nSPS) is 13.7. The molecule has 0 heterocycles. The molecule has 0 aliphatic carbocycles. The molecule has 0 amide bonds. The van der Waals surface area contributed by atoms with Crippen molar-refractivity contribution in [3.8, 4) is 0 Å². The van der Waals surface area contributed by atoms with Crippen molar-refractivity contribution in [2.75, 3.05) is 20.6 Å². The van der Waals surface area contributed by atoms with Gasteiger partial charge in [0, 0.05) is 31.2 Å². The predicted octanol–water partition coefficient (Wildman–Crippen LogP) is 1.10. The standard InChI is InChI=1S/C16H23N3/c1-5-6-13-7-8-14(9-15(13)10-17-2)16(11-18-3)12-19-4/h6-11,18-19H,2,5,12H2,1,3-4H3/b13-6-,15-10-,16-11+. The van der Waals surface area contributed by atoms with E-state index in [0.717, 1.165) is 18.2 Å². The van der Waals surface area contributed by atoms with Crippen LogP contribution in [0.1, 0.15) is 18.9 Å². The summed E-state index contributed by atoms with van der Waals surface area (Å²) in [6.45, 7) is 6.50. The van der Waals surface area contributed by atoms with Crippen molar-refractivity contribution >= 4 is 24.6 Å². The van der Waals surface area contributed by atoms with Gasteiger partial charge in [0.1, 0.15) is 0 Å². The number of hydrogen-bond donors (Lipinski definition) is 2. The fraction of sp³-hybridized carbons (Fsp3) is 0.312. The molecule has 2 N–H and O–H groups in total. The van der Waals surface area contributed by atoms with E-state index in [1.54, 1.807) is 6.20 Å². The molecule has 0 aliphatic rings. The van der Waals surface area contributed by atoms with Gasteiger partial charge in [0.05, 0.1) is 0 Å². The topological polar surface area (TPSA) is 36.4 Å². The second-order valence-corrected chi connectivity index (χ2v) is 4.26. The van der Waals surface area contributed by atoms with Crippen LogP contribution < -0.4 is 21.1 Å². The molecule has 0 unspecified atom stereocenters. The highest BCUT2D eigenvalue weighted by molar-refractivity contribution is 5.67. The van der Waals surface area contributed by atoms with E-state index < -0.39 is 0 Å². The number of rotatable bonds is 6. The molecule has 1 aromatic rings. The highest BCUT2D eigenvalue weighted by Gasteiger charge is 2.00. The monoisotopic (exact) mass is 257 g/mol. The number of nitrogens with zero attached hydrogens (tertiary/aromatic N) is 1. The molecular formula is C16H23N3. The van der Waals surface area contributed by atoms with Crippen LogP contribution in [0, 0.1) is 0 Å². The van der Waals surface area contributed by atoms with Gasteiger partial charge in [-0.3, -0.25) is 4.99 Å². The van der Waals surface area contributed by atoms with E-state index in [1.165, 1.54) is 16.4 Å². The SMILES string of the molecule is C=N/C=c1/cc(/C(=C/NC)CNC)cc/c1=C/CC. The minimum atomic E-state index is 0.818. The second-order valence-electron chi connectivity index (χ2n) is 4.26. The molecule has 0 aliphatic heterocycles. The van der Waals surface area contributed by atoms with Gasteiger partial charge in [-0.2, -0.15) is 0 Å². The summed E-state index contributed by atoms with van der Waals surface area (Å²) in [7, 11) is 3.86. The molecule has 0 bridgehead atoms. The van der Waals surface area contributed by atoms with Crippen LogP contribution in [-0.4, -0.2) is 27.4 Å². The van der Waals surface area contributed by atoms with Crippen LogP contribution in [0.4, 0.5) is 0 Å². The van der Waals surface area contributed by atoms with Crippen LogP contribution >= 0.6 is 0 Å². The summed E-state index contributed by atoms with van der Waals surface area (Å²) in [4.78, 5) is 3.90. The maximum Gasteiger partial charge on any atom is 0.0339 e. The summed E-state index contributed by atoms with van der Waals surface area (Å²) in [6.07, 6.45) is 7.02. The van der Waals surface area contributed by atoms with Crippen LogP contribution in [0.2, 0.25) is 0 Å². The van der Waals surface area contributed by atoms with Gasteiger partial charge in [0.15, 0.2) is 0 Å². The molecule has 1 aromatic carbocycles. The summed E-state index contributed by atoms with van der Waals surface area (Å²) >= 11 is 0. The fourth-order valence-electron chi connectivity index (χ4n) is 1.99. The molecule has 0 fully saturated rings. The Bertz CT molecular complexity index is 556. The van der Waals surface area contributed by atoms with Gasteiger partial charge in [-0.1, -0.05) is 25.1 Å². The number of nitrogens with one attached hydrogen (secondary N) is 2. The molecule has 3 nitrogen and oxygen atoms in total. The Balaban J connectivity index is 3.36. The van der Waals surface area contributed by atoms with Gasteiger partial charge in [0.25, 0.3) is 0 Å². The van der Waals surface area contributed by atoms with Crippen LogP contribution in [0.3, 0.4) is 0 Å². The second kappa shape index (κ2) is 8.27. The van der Waals surface area contributed by atoms with Crippen LogP contribution in [0.15, 0.2) is 29.4 Å². The average Bonchev–Trinajstić information content (AvgIpc) is 2.41. The highest BCUT2D eigenvalue weighted by atomic mass is 14.8. The van der Waals surface area contributed by atoms with Crippen molar-refractivity contribution < 1.29 is 0 Å². The lowest BCUT2D eigenvalue weighted by atomic mass is 10.0. The predicted molar refractivity (Wildman–Crippen MR) is 85.4 cm³/mol. The zero-order chi connectivity index (χ0) is 14.1. The molecule has 3 heteroatoms. The Hall–Kier alpha value is -1.87. The molecular weight excluding hydrogens is 234 g/mol. The summed E-state index contributed by atoms with van der Waals surface area (Å²) < 4.78 is 0. The lowest BCUT2D eigenvalue weighted by Crippen LogP contribution is -2.25. The smallest absolute Gasteiger partial charge is 0.0339 e. The van der Waals surface area contributed by atoms with Gasteiger partial charge in [0.2, 0.25) is 0 Å². The summed E-state index contributed by atoms with van der Waals surface area (Å²) in [5.74, 6) is 0. The first kappa shape index (κ1) is 15.2. The van der Waals surface area contributed by atoms with E-state index in [9.17, 15) is 0 Å². The molecule has 19 heavy (non-hydrogen) atoms. The first-order valence-electron chi connectivity index (χ1n) is 6.54. The van der Waals surface area contributed by atoms with Crippen molar-refractivity contribution in [2.24, 2.45) is 4.99 Å². The molecule has 0 saturated heterocycles. The van der Waals surface area contributed by atoms with E-state index in [1.807, 2.05) is 20.3 Å². The first-order chi connectivity index (χ1) is 9.26. The summed E-state index contributed by atoms with van der Waals surface area (Å²) in [6, 6.07) is 6.42. The average molecular weight is 257 g/mol. The minimum Gasteiger partial charge on any atom is -0.394 e. The third-order valence-corrected chi connectivity index (χ3v) is 2.80. The molecule has 0 spiro atoms. The van der Waals surface area contributed by atoms with Crippen LogP contribution in [-0.2, 0) is 0 Å². The van der Waals surface area contributed by atoms with Gasteiger partial charge in [-0.05, 0) is 42.6 Å². The van der Waals surface area contributed by atoms with Crippen molar-refractivity contribution in [3.63, 3.8) is 0 Å². The largest absolute Gasteiger partial charge is 0.394 e.